The number of methoxy groups -OCH3 is 1. The Labute approximate surface area is 180 Å². The number of likely N-dealkylation sites (tertiary alicyclic amines) is 1. The molecule has 0 unspecified atom stereocenters. The molecule has 6 heteroatoms. The summed E-state index contributed by atoms with van der Waals surface area (Å²) < 4.78 is 16.8. The number of rotatable bonds is 9. The van der Waals surface area contributed by atoms with E-state index in [1.807, 2.05) is 25.1 Å². The predicted octanol–water partition coefficient (Wildman–Crippen LogP) is 4.57. The van der Waals surface area contributed by atoms with Crippen molar-refractivity contribution in [1.29, 1.82) is 0 Å². The summed E-state index contributed by atoms with van der Waals surface area (Å²) in [5, 5.41) is 0. The molecule has 0 radical (unpaired) electrons. The number of piperidine rings is 1. The molecule has 2 fully saturated rings. The van der Waals surface area contributed by atoms with Crippen molar-refractivity contribution in [2.45, 2.75) is 69.9 Å². The third kappa shape index (κ3) is 5.46. The van der Waals surface area contributed by atoms with Gasteiger partial charge < -0.3 is 24.0 Å². The van der Waals surface area contributed by atoms with Crippen LogP contribution in [0.5, 0.6) is 11.5 Å². The molecule has 164 valence electrons. The average Bonchev–Trinajstić information content (AvgIpc) is 3.28. The van der Waals surface area contributed by atoms with Crippen molar-refractivity contribution in [3.63, 3.8) is 0 Å². The zero-order chi connectivity index (χ0) is 21.4. The van der Waals surface area contributed by atoms with E-state index in [0.717, 1.165) is 68.8 Å². The molecule has 1 aliphatic carbocycles. The molecule has 1 heterocycles. The van der Waals surface area contributed by atoms with Crippen molar-refractivity contribution >= 4 is 5.97 Å². The monoisotopic (exact) mass is 414 g/mol. The van der Waals surface area contributed by atoms with E-state index < -0.39 is 5.54 Å². The summed E-state index contributed by atoms with van der Waals surface area (Å²) in [5.41, 5.74) is 0.509. The van der Waals surface area contributed by atoms with Crippen molar-refractivity contribution in [1.82, 2.24) is 4.90 Å². The molecule has 0 bridgehead atoms. The van der Waals surface area contributed by atoms with E-state index in [2.05, 4.69) is 9.74 Å². The fraction of sp³-hybridized carbons (Fsp3) is 0.667. The van der Waals surface area contributed by atoms with Crippen LogP contribution in [0.3, 0.4) is 0 Å². The van der Waals surface area contributed by atoms with Gasteiger partial charge in [0.25, 0.3) is 5.54 Å². The van der Waals surface area contributed by atoms with E-state index in [4.69, 9.17) is 20.8 Å². The van der Waals surface area contributed by atoms with E-state index in [1.54, 1.807) is 7.11 Å². The van der Waals surface area contributed by atoms with E-state index in [0.29, 0.717) is 13.0 Å². The number of hydrogen-bond acceptors (Lipinski definition) is 5. The molecule has 1 aromatic rings. The van der Waals surface area contributed by atoms with Gasteiger partial charge in [-0.05, 0) is 63.8 Å². The van der Waals surface area contributed by atoms with Gasteiger partial charge in [0, 0.05) is 37.9 Å². The lowest BCUT2D eigenvalue weighted by Crippen LogP contribution is -2.41. The Hall–Kier alpha value is -2.26. The Morgan fingerprint density at radius 3 is 2.60 bits per heavy atom. The number of carbonyl (C=O) groups excluding carboxylic acids is 1. The molecule has 30 heavy (non-hydrogen) atoms. The summed E-state index contributed by atoms with van der Waals surface area (Å²) in [4.78, 5) is 18.0. The first kappa shape index (κ1) is 22.4. The van der Waals surface area contributed by atoms with Gasteiger partial charge in [-0.25, -0.2) is 6.57 Å². The van der Waals surface area contributed by atoms with Crippen LogP contribution in [0, 0.1) is 6.57 Å². The first-order valence-electron chi connectivity index (χ1n) is 11.2. The number of carbonyl (C=O) groups is 1. The van der Waals surface area contributed by atoms with Crippen LogP contribution in [0.15, 0.2) is 18.2 Å². The normalized spacial score (nSPS) is 19.2. The number of esters is 1. The molecular weight excluding hydrogens is 380 g/mol. The van der Waals surface area contributed by atoms with Crippen LogP contribution >= 0.6 is 0 Å². The maximum Gasteiger partial charge on any atom is 0.305 e. The first-order valence-corrected chi connectivity index (χ1v) is 11.2. The highest BCUT2D eigenvalue weighted by Crippen LogP contribution is 2.41. The minimum Gasteiger partial charge on any atom is -0.493 e. The quantitative estimate of drug-likeness (QED) is 0.438. The van der Waals surface area contributed by atoms with Crippen molar-refractivity contribution in [3.05, 3.63) is 35.2 Å². The van der Waals surface area contributed by atoms with Gasteiger partial charge in [-0.1, -0.05) is 0 Å². The average molecular weight is 415 g/mol. The van der Waals surface area contributed by atoms with Gasteiger partial charge in [0.15, 0.2) is 11.5 Å². The Bertz CT molecular complexity index is 744. The topological polar surface area (TPSA) is 52.4 Å². The van der Waals surface area contributed by atoms with Crippen LogP contribution in [0.4, 0.5) is 0 Å². The molecule has 0 spiro atoms. The molecule has 0 amide bonds. The Morgan fingerprint density at radius 2 is 1.97 bits per heavy atom. The van der Waals surface area contributed by atoms with E-state index >= 15 is 0 Å². The summed E-state index contributed by atoms with van der Waals surface area (Å²) >= 11 is 0. The van der Waals surface area contributed by atoms with Crippen LogP contribution in [-0.2, 0) is 15.1 Å². The maximum absolute atomic E-state index is 11.5. The van der Waals surface area contributed by atoms with Crippen LogP contribution in [0.2, 0.25) is 0 Å². The number of benzene rings is 1. The molecule has 1 saturated carbocycles. The van der Waals surface area contributed by atoms with Crippen molar-refractivity contribution in [2.75, 3.05) is 33.4 Å². The summed E-state index contributed by atoms with van der Waals surface area (Å²) in [7, 11) is 1.66. The van der Waals surface area contributed by atoms with Gasteiger partial charge in [0.05, 0.1) is 19.8 Å². The Balaban J connectivity index is 1.62. The molecule has 0 atom stereocenters. The fourth-order valence-corrected chi connectivity index (χ4v) is 4.54. The highest BCUT2D eigenvalue weighted by molar-refractivity contribution is 5.69. The largest absolute Gasteiger partial charge is 0.493 e. The zero-order valence-corrected chi connectivity index (χ0v) is 18.3. The highest BCUT2D eigenvalue weighted by Gasteiger charge is 2.42. The molecule has 3 rings (SSSR count). The molecule has 0 N–H and O–H groups in total. The fourth-order valence-electron chi connectivity index (χ4n) is 4.54. The molecule has 1 aromatic carbocycles. The van der Waals surface area contributed by atoms with Crippen LogP contribution in [0.25, 0.3) is 4.85 Å². The van der Waals surface area contributed by atoms with Crippen molar-refractivity contribution in [2.24, 2.45) is 0 Å². The smallest absolute Gasteiger partial charge is 0.305 e. The molecule has 2 aliphatic rings. The van der Waals surface area contributed by atoms with E-state index in [9.17, 15) is 4.79 Å². The number of nitrogens with zero attached hydrogens (tertiary/aromatic N) is 2. The number of hydrogen-bond donors (Lipinski definition) is 0. The third-order valence-electron chi connectivity index (χ3n) is 6.35. The molecule has 1 saturated heterocycles. The minimum atomic E-state index is -0.516. The summed E-state index contributed by atoms with van der Waals surface area (Å²) in [5.74, 6) is 1.38. The van der Waals surface area contributed by atoms with E-state index in [1.165, 1.54) is 12.8 Å². The van der Waals surface area contributed by atoms with Gasteiger partial charge in [-0.2, -0.15) is 0 Å². The molecular formula is C24H34N2O4. The predicted molar refractivity (Wildman–Crippen MR) is 116 cm³/mol. The molecule has 0 aromatic heterocycles. The summed E-state index contributed by atoms with van der Waals surface area (Å²) in [6.45, 7) is 12.8. The highest BCUT2D eigenvalue weighted by atomic mass is 16.5. The second kappa shape index (κ2) is 10.7. The lowest BCUT2D eigenvalue weighted by molar-refractivity contribution is -0.143. The van der Waals surface area contributed by atoms with Crippen LogP contribution in [-0.4, -0.2) is 50.3 Å². The summed E-state index contributed by atoms with van der Waals surface area (Å²) in [6, 6.07) is 6.00. The van der Waals surface area contributed by atoms with Crippen molar-refractivity contribution < 1.29 is 19.0 Å². The first-order chi connectivity index (χ1) is 14.6. The van der Waals surface area contributed by atoms with Crippen LogP contribution < -0.4 is 9.47 Å². The second-order valence-electron chi connectivity index (χ2n) is 8.28. The standard InChI is InChI=1S/C24H34N2O4/c1-4-29-23(27)10-7-15-26-16-13-24(25-2,14-17-26)19-11-12-21(28-3)22(18-19)30-20-8-5-6-9-20/h11-12,18,20H,4-10,13-17H2,1,3H3. The number of ether oxygens (including phenoxy) is 3. The lowest BCUT2D eigenvalue weighted by atomic mass is 9.81. The van der Waals surface area contributed by atoms with Crippen molar-refractivity contribution in [3.8, 4) is 11.5 Å². The zero-order valence-electron chi connectivity index (χ0n) is 18.3. The van der Waals surface area contributed by atoms with Gasteiger partial charge in [-0.3, -0.25) is 4.79 Å². The summed E-state index contributed by atoms with van der Waals surface area (Å²) in [6.07, 6.45) is 7.67. The molecule has 1 aliphatic heterocycles. The van der Waals surface area contributed by atoms with Gasteiger partial charge >= 0.3 is 5.97 Å². The minimum absolute atomic E-state index is 0.127. The van der Waals surface area contributed by atoms with Gasteiger partial charge in [0.2, 0.25) is 0 Å². The lowest BCUT2D eigenvalue weighted by Gasteiger charge is -2.34. The van der Waals surface area contributed by atoms with Gasteiger partial charge in [0.1, 0.15) is 0 Å². The Morgan fingerprint density at radius 1 is 1.23 bits per heavy atom. The maximum atomic E-state index is 11.5. The third-order valence-corrected chi connectivity index (χ3v) is 6.35. The van der Waals surface area contributed by atoms with Crippen LogP contribution in [0.1, 0.15) is 63.9 Å². The Kier molecular flexibility index (Phi) is 7.98. The van der Waals surface area contributed by atoms with Gasteiger partial charge in [-0.15, -0.1) is 0 Å². The second-order valence-corrected chi connectivity index (χ2v) is 8.28. The van der Waals surface area contributed by atoms with E-state index in [-0.39, 0.29) is 12.1 Å². The molecule has 6 nitrogen and oxygen atoms in total. The SMILES string of the molecule is [C-]#[N+]C1(c2ccc(OC)c(OC3CCCC3)c2)CCN(CCCC(=O)OCC)CC1.